The average molecular weight is 363 g/mol. The molecule has 1 aromatic carbocycles. The molecule has 3 aromatic heterocycles. The van der Waals surface area contributed by atoms with Crippen molar-refractivity contribution in [2.75, 3.05) is 19.5 Å². The summed E-state index contributed by atoms with van der Waals surface area (Å²) in [5.41, 5.74) is 3.84. The van der Waals surface area contributed by atoms with Crippen molar-refractivity contribution in [3.63, 3.8) is 0 Å². The smallest absolute Gasteiger partial charge is 0.229 e. The lowest BCUT2D eigenvalue weighted by molar-refractivity contribution is 0.185. The van der Waals surface area contributed by atoms with E-state index in [1.807, 2.05) is 30.3 Å². The van der Waals surface area contributed by atoms with Gasteiger partial charge in [0.25, 0.3) is 0 Å². The number of benzene rings is 1. The molecule has 9 nitrogen and oxygen atoms in total. The Labute approximate surface area is 155 Å². The van der Waals surface area contributed by atoms with Gasteiger partial charge in [-0.1, -0.05) is 17.3 Å². The van der Waals surface area contributed by atoms with Gasteiger partial charge in [-0.15, -0.1) is 5.10 Å². The van der Waals surface area contributed by atoms with E-state index in [2.05, 4.69) is 30.6 Å². The molecule has 0 saturated heterocycles. The maximum atomic E-state index is 5.19. The molecular formula is C18H17N7O2. The number of pyridine rings is 1. The summed E-state index contributed by atoms with van der Waals surface area (Å²) in [5.74, 6) is 0.959. The lowest BCUT2D eigenvalue weighted by atomic mass is 10.2. The van der Waals surface area contributed by atoms with Crippen molar-refractivity contribution in [3.05, 3.63) is 54.4 Å². The van der Waals surface area contributed by atoms with Gasteiger partial charge in [0.15, 0.2) is 11.2 Å². The van der Waals surface area contributed by atoms with Gasteiger partial charge in [-0.3, -0.25) is 0 Å². The lowest BCUT2D eigenvalue weighted by Crippen LogP contribution is -2.02. The largest absolute Gasteiger partial charge is 0.481 e. The van der Waals surface area contributed by atoms with Crippen molar-refractivity contribution in [2.24, 2.45) is 0 Å². The van der Waals surface area contributed by atoms with E-state index in [9.17, 15) is 0 Å². The first-order chi connectivity index (χ1) is 13.3. The van der Waals surface area contributed by atoms with Crippen LogP contribution in [-0.4, -0.2) is 44.2 Å². The molecule has 4 rings (SSSR count). The van der Waals surface area contributed by atoms with Crippen LogP contribution in [0.3, 0.4) is 0 Å². The molecule has 0 atom stereocenters. The molecule has 136 valence electrons. The van der Waals surface area contributed by atoms with Crippen LogP contribution >= 0.6 is 0 Å². The maximum absolute atomic E-state index is 5.19. The summed E-state index contributed by atoms with van der Waals surface area (Å²) in [4.78, 5) is 13.0. The quantitative estimate of drug-likeness (QED) is 0.558. The highest BCUT2D eigenvalue weighted by Gasteiger charge is 2.11. The highest BCUT2D eigenvalue weighted by Crippen LogP contribution is 2.19. The van der Waals surface area contributed by atoms with E-state index < -0.39 is 0 Å². The molecule has 0 amide bonds. The van der Waals surface area contributed by atoms with Gasteiger partial charge in [-0.05, 0) is 23.8 Å². The van der Waals surface area contributed by atoms with E-state index in [4.69, 9.17) is 9.47 Å². The zero-order valence-corrected chi connectivity index (χ0v) is 14.8. The Morgan fingerprint density at radius 2 is 2.00 bits per heavy atom. The third-order valence-electron chi connectivity index (χ3n) is 3.86. The summed E-state index contributed by atoms with van der Waals surface area (Å²) in [6, 6.07) is 11.5. The first kappa shape index (κ1) is 16.9. The summed E-state index contributed by atoms with van der Waals surface area (Å²) >= 11 is 0. The zero-order chi connectivity index (χ0) is 18.6. The second kappa shape index (κ2) is 7.34. The number of nitrogens with one attached hydrogen (secondary N) is 1. The van der Waals surface area contributed by atoms with Crippen LogP contribution in [0.5, 0.6) is 5.88 Å². The fraction of sp³-hybridized carbons (Fsp3) is 0.167. The van der Waals surface area contributed by atoms with Gasteiger partial charge < -0.3 is 14.8 Å². The number of nitrogens with zero attached hydrogens (tertiary/aromatic N) is 6. The van der Waals surface area contributed by atoms with Crippen molar-refractivity contribution in [3.8, 4) is 11.6 Å². The number of rotatable bonds is 6. The van der Waals surface area contributed by atoms with Crippen LogP contribution in [-0.2, 0) is 11.3 Å². The molecule has 27 heavy (non-hydrogen) atoms. The third-order valence-corrected chi connectivity index (χ3v) is 3.86. The zero-order valence-electron chi connectivity index (χ0n) is 14.8. The second-order valence-corrected chi connectivity index (χ2v) is 5.72. The van der Waals surface area contributed by atoms with Crippen molar-refractivity contribution < 1.29 is 9.47 Å². The van der Waals surface area contributed by atoms with E-state index in [1.165, 1.54) is 0 Å². The number of hydrogen-bond donors (Lipinski definition) is 1. The monoisotopic (exact) mass is 363 g/mol. The predicted octanol–water partition coefficient (Wildman–Crippen LogP) is 2.50. The van der Waals surface area contributed by atoms with E-state index in [1.54, 1.807) is 37.4 Å². The molecule has 9 heteroatoms. The summed E-state index contributed by atoms with van der Waals surface area (Å²) in [7, 11) is 3.24. The Bertz CT molecular complexity index is 1060. The molecule has 1 N–H and O–H groups in total. The van der Waals surface area contributed by atoms with E-state index >= 15 is 0 Å². The van der Waals surface area contributed by atoms with Crippen molar-refractivity contribution in [1.82, 2.24) is 29.9 Å². The van der Waals surface area contributed by atoms with Gasteiger partial charge in [-0.2, -0.15) is 9.67 Å². The highest BCUT2D eigenvalue weighted by molar-refractivity contribution is 5.72. The van der Waals surface area contributed by atoms with Gasteiger partial charge in [0, 0.05) is 13.2 Å². The summed E-state index contributed by atoms with van der Waals surface area (Å²) in [6.07, 6.45) is 3.28. The van der Waals surface area contributed by atoms with Crippen molar-refractivity contribution in [1.29, 1.82) is 0 Å². The highest BCUT2D eigenvalue weighted by atomic mass is 16.5. The normalized spacial score (nSPS) is 10.9. The van der Waals surface area contributed by atoms with Crippen molar-refractivity contribution in [2.45, 2.75) is 6.61 Å². The van der Waals surface area contributed by atoms with E-state index in [0.717, 1.165) is 16.9 Å². The SMILES string of the molecule is COCc1cccc(-n2nnc3cnc(Nc4ccc(OC)nc4)nc32)c1. The Morgan fingerprint density at radius 1 is 1.07 bits per heavy atom. The number of ether oxygens (including phenoxy) is 2. The lowest BCUT2D eigenvalue weighted by Gasteiger charge is -2.07. The molecule has 0 aliphatic carbocycles. The number of methoxy groups -OCH3 is 2. The minimum atomic E-state index is 0.422. The maximum Gasteiger partial charge on any atom is 0.229 e. The fourth-order valence-corrected chi connectivity index (χ4v) is 2.61. The minimum absolute atomic E-state index is 0.422. The molecule has 0 saturated carbocycles. The Hall–Kier alpha value is -3.59. The molecule has 0 bridgehead atoms. The van der Waals surface area contributed by atoms with Gasteiger partial charge in [0.2, 0.25) is 11.8 Å². The van der Waals surface area contributed by atoms with Crippen molar-refractivity contribution >= 4 is 22.8 Å². The molecule has 0 unspecified atom stereocenters. The van der Waals surface area contributed by atoms with Crippen LogP contribution < -0.4 is 10.1 Å². The standard InChI is InChI=1S/C18H17N7O2/c1-26-11-12-4-3-5-14(8-12)25-17-15(23-24-25)10-20-18(22-17)21-13-6-7-16(27-2)19-9-13/h3-10H,11H2,1-2H3,(H,20,21,22). The Morgan fingerprint density at radius 3 is 2.78 bits per heavy atom. The molecule has 0 radical (unpaired) electrons. The summed E-state index contributed by atoms with van der Waals surface area (Å²) in [5, 5.41) is 11.5. The molecule has 3 heterocycles. The van der Waals surface area contributed by atoms with Crippen LogP contribution in [0, 0.1) is 0 Å². The van der Waals surface area contributed by atoms with Crippen LogP contribution in [0.2, 0.25) is 0 Å². The van der Waals surface area contributed by atoms with E-state index in [-0.39, 0.29) is 0 Å². The van der Waals surface area contributed by atoms with Gasteiger partial charge in [-0.25, -0.2) is 9.97 Å². The molecular weight excluding hydrogens is 346 g/mol. The van der Waals surface area contributed by atoms with Gasteiger partial charge in [0.05, 0.1) is 37.5 Å². The van der Waals surface area contributed by atoms with Crippen LogP contribution in [0.25, 0.3) is 16.9 Å². The Kier molecular flexibility index (Phi) is 4.58. The third kappa shape index (κ3) is 3.53. The average Bonchev–Trinajstić information content (AvgIpc) is 3.12. The number of anilines is 2. The molecule has 0 aliphatic heterocycles. The molecule has 0 spiro atoms. The fourth-order valence-electron chi connectivity index (χ4n) is 2.61. The predicted molar refractivity (Wildman–Crippen MR) is 99.2 cm³/mol. The number of aromatic nitrogens is 6. The second-order valence-electron chi connectivity index (χ2n) is 5.72. The molecule has 0 fully saturated rings. The van der Waals surface area contributed by atoms with Gasteiger partial charge >= 0.3 is 0 Å². The first-order valence-electron chi connectivity index (χ1n) is 8.20. The van der Waals surface area contributed by atoms with Gasteiger partial charge in [0.1, 0.15) is 0 Å². The van der Waals surface area contributed by atoms with Crippen LogP contribution in [0.15, 0.2) is 48.8 Å². The summed E-state index contributed by atoms with van der Waals surface area (Å²) in [6.45, 7) is 0.521. The van der Waals surface area contributed by atoms with Crippen LogP contribution in [0.4, 0.5) is 11.6 Å². The first-order valence-corrected chi connectivity index (χ1v) is 8.20. The Balaban J connectivity index is 1.67. The molecule has 4 aromatic rings. The van der Waals surface area contributed by atoms with Crippen LogP contribution in [0.1, 0.15) is 5.56 Å². The summed E-state index contributed by atoms with van der Waals surface area (Å²) < 4.78 is 11.9. The van der Waals surface area contributed by atoms with E-state index in [0.29, 0.717) is 29.6 Å². The topological polar surface area (TPSA) is 99.9 Å². The molecule has 0 aliphatic rings. The number of hydrogen-bond acceptors (Lipinski definition) is 8. The minimum Gasteiger partial charge on any atom is -0.481 e. The number of fused-ring (bicyclic) bond motifs is 1.